The molecule has 0 bridgehead atoms. The van der Waals surface area contributed by atoms with Crippen molar-refractivity contribution in [3.63, 3.8) is 0 Å². The average molecular weight is 541 g/mol. The first-order chi connectivity index (χ1) is 18.9. The molecule has 1 spiro atoms. The summed E-state index contributed by atoms with van der Waals surface area (Å²) in [6.07, 6.45) is 1.01. The van der Waals surface area contributed by atoms with Gasteiger partial charge in [-0.15, -0.1) is 0 Å². The topological polar surface area (TPSA) is 0 Å². The van der Waals surface area contributed by atoms with Gasteiger partial charge in [-0.1, -0.05) is 0 Å². The quantitative estimate of drug-likeness (QED) is 0.215. The predicted molar refractivity (Wildman–Crippen MR) is 162 cm³/mol. The van der Waals surface area contributed by atoms with Crippen LogP contribution in [0.1, 0.15) is 11.1 Å². The molecular formula is C37H24Ge. The standard InChI is InChI=1S/C37H24Ge/c1-2-12-25-24(11-1)23-32-26(25)16-9-17-27(32)30-18-10-22-36-37(30)31-15-5-8-21-35(31)38(36)33-19-6-3-13-28(33)29-14-4-7-20-34(29)38/h1-22H,23H2. The maximum absolute atomic E-state index is 3.14. The molecule has 1 heteroatoms. The van der Waals surface area contributed by atoms with Gasteiger partial charge in [0.25, 0.3) is 0 Å². The van der Waals surface area contributed by atoms with Crippen molar-refractivity contribution in [1.82, 2.24) is 0 Å². The van der Waals surface area contributed by atoms with Crippen molar-refractivity contribution in [3.05, 3.63) is 145 Å². The van der Waals surface area contributed by atoms with Crippen LogP contribution in [0.25, 0.3) is 44.5 Å². The molecule has 176 valence electrons. The molecule has 3 aliphatic rings. The Balaban J connectivity index is 1.40. The first-order valence-corrected chi connectivity index (χ1v) is 17.7. The van der Waals surface area contributed by atoms with Crippen LogP contribution in [-0.4, -0.2) is 13.3 Å². The molecule has 0 aromatic heterocycles. The molecule has 0 nitrogen and oxygen atoms in total. The van der Waals surface area contributed by atoms with E-state index in [0.717, 1.165) is 6.42 Å². The zero-order valence-electron chi connectivity index (χ0n) is 20.9. The van der Waals surface area contributed by atoms with Crippen molar-refractivity contribution in [2.75, 3.05) is 0 Å². The fourth-order valence-electron chi connectivity index (χ4n) is 7.78. The van der Waals surface area contributed by atoms with Crippen molar-refractivity contribution < 1.29 is 0 Å². The van der Waals surface area contributed by atoms with Crippen molar-refractivity contribution in [2.45, 2.75) is 6.42 Å². The third-order valence-corrected chi connectivity index (χ3v) is 19.6. The zero-order valence-corrected chi connectivity index (χ0v) is 23.0. The van der Waals surface area contributed by atoms with Gasteiger partial charge in [0, 0.05) is 0 Å². The normalized spacial score (nSPS) is 14.4. The molecule has 38 heavy (non-hydrogen) atoms. The van der Waals surface area contributed by atoms with Crippen molar-refractivity contribution in [1.29, 1.82) is 0 Å². The fraction of sp³-hybridized carbons (Fsp3) is 0.0270. The van der Waals surface area contributed by atoms with E-state index in [1.165, 1.54) is 55.6 Å². The van der Waals surface area contributed by atoms with E-state index >= 15 is 0 Å². The molecule has 0 radical (unpaired) electrons. The second-order valence-corrected chi connectivity index (χ2v) is 18.4. The van der Waals surface area contributed by atoms with Gasteiger partial charge in [0.2, 0.25) is 0 Å². The Kier molecular flexibility index (Phi) is 4.10. The predicted octanol–water partition coefficient (Wildman–Crippen LogP) is 6.26. The second-order valence-electron chi connectivity index (χ2n) is 10.8. The van der Waals surface area contributed by atoms with Crippen LogP contribution in [0.5, 0.6) is 0 Å². The van der Waals surface area contributed by atoms with E-state index in [-0.39, 0.29) is 0 Å². The van der Waals surface area contributed by atoms with Gasteiger partial charge in [0.15, 0.2) is 0 Å². The summed E-state index contributed by atoms with van der Waals surface area (Å²) in [6, 6.07) is 50.8. The summed E-state index contributed by atoms with van der Waals surface area (Å²) in [5, 5.41) is 0. The maximum atomic E-state index is 2.47. The molecule has 0 saturated carbocycles. The summed E-state index contributed by atoms with van der Waals surface area (Å²) in [7, 11) is 0. The van der Waals surface area contributed by atoms with Gasteiger partial charge in [-0.05, 0) is 0 Å². The zero-order chi connectivity index (χ0) is 24.8. The van der Waals surface area contributed by atoms with E-state index in [2.05, 4.69) is 133 Å². The number of benzene rings is 6. The van der Waals surface area contributed by atoms with E-state index < -0.39 is 13.3 Å². The summed E-state index contributed by atoms with van der Waals surface area (Å²) in [6.45, 7) is 0. The molecule has 1 aliphatic carbocycles. The third-order valence-electron chi connectivity index (χ3n) is 9.16. The molecule has 6 aromatic rings. The Hall–Kier alpha value is -4.14. The van der Waals surface area contributed by atoms with E-state index in [1.807, 2.05) is 0 Å². The van der Waals surface area contributed by atoms with E-state index in [1.54, 1.807) is 17.6 Å². The van der Waals surface area contributed by atoms with Gasteiger partial charge in [0.05, 0.1) is 0 Å². The third kappa shape index (κ3) is 2.43. The van der Waals surface area contributed by atoms with Crippen LogP contribution in [-0.2, 0) is 6.42 Å². The van der Waals surface area contributed by atoms with E-state index in [4.69, 9.17) is 0 Å². The van der Waals surface area contributed by atoms with Crippen LogP contribution in [0.15, 0.2) is 133 Å². The van der Waals surface area contributed by atoms with Crippen LogP contribution in [0.4, 0.5) is 0 Å². The Morgan fingerprint density at radius 3 is 1.50 bits per heavy atom. The van der Waals surface area contributed by atoms with Gasteiger partial charge in [-0.25, -0.2) is 0 Å². The first-order valence-electron chi connectivity index (χ1n) is 13.5. The molecule has 0 fully saturated rings. The second kappa shape index (κ2) is 7.46. The molecule has 0 saturated heterocycles. The Morgan fingerprint density at radius 2 is 0.789 bits per heavy atom. The molecule has 0 unspecified atom stereocenters. The van der Waals surface area contributed by atoms with Crippen LogP contribution < -0.4 is 17.6 Å². The number of hydrogen-bond acceptors (Lipinski definition) is 0. The molecule has 0 amide bonds. The molecule has 0 atom stereocenters. The molecular weight excluding hydrogens is 517 g/mol. The van der Waals surface area contributed by atoms with Crippen LogP contribution in [0.3, 0.4) is 0 Å². The summed E-state index contributed by atoms with van der Waals surface area (Å²) >= 11 is -3.14. The minimum absolute atomic E-state index is 1.01. The van der Waals surface area contributed by atoms with Gasteiger partial charge < -0.3 is 0 Å². The van der Waals surface area contributed by atoms with Gasteiger partial charge >= 0.3 is 226 Å². The van der Waals surface area contributed by atoms with Gasteiger partial charge in [-0.2, -0.15) is 0 Å². The number of hydrogen-bond donors (Lipinski definition) is 0. The molecule has 0 N–H and O–H groups in total. The molecule has 9 rings (SSSR count). The fourth-order valence-corrected chi connectivity index (χ4v) is 19.6. The van der Waals surface area contributed by atoms with Gasteiger partial charge in [0.1, 0.15) is 0 Å². The number of fused-ring (bicyclic) bond motifs is 13. The Bertz CT molecular complexity index is 1920. The Morgan fingerprint density at radius 1 is 0.342 bits per heavy atom. The monoisotopic (exact) mass is 542 g/mol. The minimum atomic E-state index is -3.14. The SMILES string of the molecule is c1ccc2c(c1)Cc1c-2cccc1-c1ccc[c]2c1-c1cccc[c]1[Ge]21[c]2ccccc2-c2cccc[c]21. The summed E-state index contributed by atoms with van der Waals surface area (Å²) < 4.78 is 6.35. The summed E-state index contributed by atoms with van der Waals surface area (Å²) in [5.41, 5.74) is 14.3. The molecule has 2 aliphatic heterocycles. The molecule has 2 heterocycles. The van der Waals surface area contributed by atoms with Crippen molar-refractivity contribution in [3.8, 4) is 44.5 Å². The van der Waals surface area contributed by atoms with Crippen LogP contribution in [0.2, 0.25) is 0 Å². The van der Waals surface area contributed by atoms with E-state index in [0.29, 0.717) is 0 Å². The van der Waals surface area contributed by atoms with Crippen LogP contribution >= 0.6 is 0 Å². The van der Waals surface area contributed by atoms with E-state index in [9.17, 15) is 0 Å². The Labute approximate surface area is 225 Å². The average Bonchev–Trinajstić information content (AvgIpc) is 3.61. The van der Waals surface area contributed by atoms with Crippen LogP contribution in [0, 0.1) is 0 Å². The number of rotatable bonds is 1. The van der Waals surface area contributed by atoms with Crippen molar-refractivity contribution >= 4 is 30.8 Å². The molecule has 6 aromatic carbocycles. The van der Waals surface area contributed by atoms with Gasteiger partial charge in [-0.3, -0.25) is 0 Å². The summed E-state index contributed by atoms with van der Waals surface area (Å²) in [5.74, 6) is 0. The van der Waals surface area contributed by atoms with Crippen molar-refractivity contribution in [2.24, 2.45) is 0 Å². The first kappa shape index (κ1) is 20.9. The summed E-state index contributed by atoms with van der Waals surface area (Å²) in [4.78, 5) is 0.